The molecule has 1 aromatic rings. The van der Waals surface area contributed by atoms with Crippen LogP contribution in [0.5, 0.6) is 0 Å². The fraction of sp³-hybridized carbons (Fsp3) is 0.571. The van der Waals surface area contributed by atoms with E-state index < -0.39 is 0 Å². The van der Waals surface area contributed by atoms with E-state index in [2.05, 4.69) is 12.2 Å². The predicted octanol–water partition coefficient (Wildman–Crippen LogP) is 3.80. The molecule has 1 N–H and O–H groups in total. The minimum Gasteiger partial charge on any atom is -0.314 e. The van der Waals surface area contributed by atoms with Gasteiger partial charge in [-0.05, 0) is 49.4 Å². The van der Waals surface area contributed by atoms with Crippen molar-refractivity contribution in [3.63, 3.8) is 0 Å². The highest BCUT2D eigenvalue weighted by Gasteiger charge is 2.20. The van der Waals surface area contributed by atoms with Crippen LogP contribution in [0.25, 0.3) is 0 Å². The van der Waals surface area contributed by atoms with E-state index in [9.17, 15) is 4.39 Å². The first-order valence-corrected chi connectivity index (χ1v) is 6.74. The summed E-state index contributed by atoms with van der Waals surface area (Å²) in [6.45, 7) is 3.35. The smallest absolute Gasteiger partial charge is 0.141 e. The first-order chi connectivity index (χ1) is 8.19. The van der Waals surface area contributed by atoms with Crippen LogP contribution in [0.4, 0.5) is 4.39 Å². The van der Waals surface area contributed by atoms with E-state index in [1.54, 1.807) is 6.07 Å². The molecular weight excluding hydrogens is 237 g/mol. The molecule has 2 unspecified atom stereocenters. The number of rotatable bonds is 3. The quantitative estimate of drug-likeness (QED) is 0.866. The highest BCUT2D eigenvalue weighted by atomic mass is 35.5. The summed E-state index contributed by atoms with van der Waals surface area (Å²) in [5.41, 5.74) is 1.12. The molecule has 0 amide bonds. The predicted molar refractivity (Wildman–Crippen MR) is 69.9 cm³/mol. The van der Waals surface area contributed by atoms with Crippen LogP contribution in [0.3, 0.4) is 0 Å². The molecular formula is C14H19ClFN. The first kappa shape index (κ1) is 12.8. The van der Waals surface area contributed by atoms with E-state index in [0.29, 0.717) is 6.04 Å². The summed E-state index contributed by atoms with van der Waals surface area (Å²) in [6, 6.07) is 5.54. The Bertz CT molecular complexity index is 380. The molecule has 0 saturated carbocycles. The van der Waals surface area contributed by atoms with Crippen LogP contribution < -0.4 is 5.32 Å². The van der Waals surface area contributed by atoms with Gasteiger partial charge in [-0.1, -0.05) is 31.0 Å². The topological polar surface area (TPSA) is 12.0 Å². The van der Waals surface area contributed by atoms with Crippen LogP contribution in [0.15, 0.2) is 18.2 Å². The van der Waals surface area contributed by atoms with Gasteiger partial charge >= 0.3 is 0 Å². The molecule has 1 fully saturated rings. The van der Waals surface area contributed by atoms with Crippen LogP contribution >= 0.6 is 11.6 Å². The van der Waals surface area contributed by atoms with Crippen molar-refractivity contribution in [1.29, 1.82) is 0 Å². The summed E-state index contributed by atoms with van der Waals surface area (Å²) < 4.78 is 13.0. The van der Waals surface area contributed by atoms with Gasteiger partial charge < -0.3 is 5.32 Å². The molecule has 17 heavy (non-hydrogen) atoms. The van der Waals surface area contributed by atoms with Gasteiger partial charge in [-0.2, -0.15) is 0 Å². The molecule has 1 aromatic carbocycles. The van der Waals surface area contributed by atoms with Crippen molar-refractivity contribution in [2.45, 2.75) is 38.6 Å². The maximum absolute atomic E-state index is 13.0. The Morgan fingerprint density at radius 3 is 3.00 bits per heavy atom. The largest absolute Gasteiger partial charge is 0.314 e. The molecule has 0 radical (unpaired) electrons. The van der Waals surface area contributed by atoms with Gasteiger partial charge in [0.15, 0.2) is 0 Å². The molecule has 1 heterocycles. The van der Waals surface area contributed by atoms with Crippen molar-refractivity contribution in [1.82, 2.24) is 5.32 Å². The van der Waals surface area contributed by atoms with Gasteiger partial charge in [0.1, 0.15) is 5.82 Å². The summed E-state index contributed by atoms with van der Waals surface area (Å²) in [5.74, 6) is 0.496. The molecule has 1 aliphatic heterocycles. The highest BCUT2D eigenvalue weighted by Crippen LogP contribution is 2.23. The van der Waals surface area contributed by atoms with E-state index in [0.717, 1.165) is 24.4 Å². The third-order valence-corrected chi connectivity index (χ3v) is 3.94. The molecule has 0 aliphatic carbocycles. The minimum absolute atomic E-state index is 0.227. The Morgan fingerprint density at radius 1 is 1.47 bits per heavy atom. The van der Waals surface area contributed by atoms with Crippen LogP contribution in [-0.2, 0) is 6.42 Å². The fourth-order valence-corrected chi connectivity index (χ4v) is 2.78. The number of hydrogen-bond donors (Lipinski definition) is 1. The van der Waals surface area contributed by atoms with Crippen LogP contribution in [0.2, 0.25) is 5.02 Å². The van der Waals surface area contributed by atoms with Crippen molar-refractivity contribution >= 4 is 11.6 Å². The zero-order valence-corrected chi connectivity index (χ0v) is 10.9. The van der Waals surface area contributed by atoms with Crippen molar-refractivity contribution in [3.05, 3.63) is 34.6 Å². The third-order valence-electron chi connectivity index (χ3n) is 3.65. The van der Waals surface area contributed by atoms with Gasteiger partial charge in [0.05, 0.1) is 5.02 Å². The van der Waals surface area contributed by atoms with Gasteiger partial charge in [0.2, 0.25) is 0 Å². The maximum atomic E-state index is 13.0. The van der Waals surface area contributed by atoms with Crippen LogP contribution in [0.1, 0.15) is 31.7 Å². The van der Waals surface area contributed by atoms with E-state index in [1.165, 1.54) is 25.3 Å². The second-order valence-electron chi connectivity index (χ2n) is 4.90. The zero-order valence-electron chi connectivity index (χ0n) is 10.2. The molecule has 3 heteroatoms. The van der Waals surface area contributed by atoms with E-state index in [1.807, 2.05) is 6.07 Å². The van der Waals surface area contributed by atoms with E-state index in [4.69, 9.17) is 11.6 Å². The second-order valence-corrected chi connectivity index (χ2v) is 5.31. The molecule has 0 aromatic heterocycles. The average Bonchev–Trinajstić information content (AvgIpc) is 2.34. The Hall–Kier alpha value is -0.600. The van der Waals surface area contributed by atoms with E-state index >= 15 is 0 Å². The summed E-state index contributed by atoms with van der Waals surface area (Å²) >= 11 is 5.79. The van der Waals surface area contributed by atoms with E-state index in [-0.39, 0.29) is 10.8 Å². The van der Waals surface area contributed by atoms with Crippen molar-refractivity contribution in [2.75, 3.05) is 6.54 Å². The number of nitrogens with one attached hydrogen (secondary N) is 1. The Kier molecular flexibility index (Phi) is 4.41. The SMILES string of the molecule is CCC1CCNC(Cc2ccc(F)c(Cl)c2)C1. The van der Waals surface area contributed by atoms with Crippen molar-refractivity contribution < 1.29 is 4.39 Å². The lowest BCUT2D eigenvalue weighted by Gasteiger charge is -2.29. The lowest BCUT2D eigenvalue weighted by atomic mass is 9.88. The summed E-state index contributed by atoms with van der Waals surface area (Å²) in [5, 5.41) is 3.76. The fourth-order valence-electron chi connectivity index (χ4n) is 2.57. The van der Waals surface area contributed by atoms with Gasteiger partial charge in [0.25, 0.3) is 0 Å². The molecule has 1 saturated heterocycles. The molecule has 94 valence electrons. The van der Waals surface area contributed by atoms with Crippen molar-refractivity contribution in [3.8, 4) is 0 Å². The van der Waals surface area contributed by atoms with Crippen LogP contribution in [-0.4, -0.2) is 12.6 Å². The Morgan fingerprint density at radius 2 is 2.29 bits per heavy atom. The number of halogens is 2. The molecule has 0 bridgehead atoms. The minimum atomic E-state index is -0.335. The number of benzene rings is 1. The maximum Gasteiger partial charge on any atom is 0.141 e. The standard InChI is InChI=1S/C14H19ClFN/c1-2-10-5-6-17-12(7-10)8-11-3-4-14(16)13(15)9-11/h3-4,9-10,12,17H,2,5-8H2,1H3. The molecule has 0 spiro atoms. The van der Waals surface area contributed by atoms with Gasteiger partial charge in [-0.15, -0.1) is 0 Å². The van der Waals surface area contributed by atoms with Crippen molar-refractivity contribution in [2.24, 2.45) is 5.92 Å². The van der Waals surface area contributed by atoms with Gasteiger partial charge in [0, 0.05) is 6.04 Å². The Balaban J connectivity index is 1.97. The lowest BCUT2D eigenvalue weighted by molar-refractivity contribution is 0.294. The second kappa shape index (κ2) is 5.83. The highest BCUT2D eigenvalue weighted by molar-refractivity contribution is 6.30. The summed E-state index contributed by atoms with van der Waals surface area (Å²) in [7, 11) is 0. The summed E-state index contributed by atoms with van der Waals surface area (Å²) in [4.78, 5) is 0. The number of hydrogen-bond acceptors (Lipinski definition) is 1. The number of piperidine rings is 1. The molecule has 1 aliphatic rings. The van der Waals surface area contributed by atoms with Crippen LogP contribution in [0, 0.1) is 11.7 Å². The first-order valence-electron chi connectivity index (χ1n) is 6.36. The third kappa shape index (κ3) is 3.43. The monoisotopic (exact) mass is 255 g/mol. The van der Waals surface area contributed by atoms with Gasteiger partial charge in [-0.25, -0.2) is 4.39 Å². The zero-order chi connectivity index (χ0) is 12.3. The molecule has 1 nitrogen and oxygen atoms in total. The normalized spacial score (nSPS) is 24.9. The average molecular weight is 256 g/mol. The molecule has 2 rings (SSSR count). The lowest BCUT2D eigenvalue weighted by Crippen LogP contribution is -2.39. The Labute approximate surface area is 107 Å². The summed E-state index contributed by atoms with van der Waals surface area (Å²) in [6.07, 6.45) is 4.68. The molecule has 2 atom stereocenters. The van der Waals surface area contributed by atoms with Gasteiger partial charge in [-0.3, -0.25) is 0 Å².